The summed E-state index contributed by atoms with van der Waals surface area (Å²) in [5.74, 6) is 0.890. The predicted molar refractivity (Wildman–Crippen MR) is 102 cm³/mol. The number of methoxy groups -OCH3 is 1. The van der Waals surface area contributed by atoms with Crippen LogP contribution in [0.3, 0.4) is 0 Å². The number of benzene rings is 2. The van der Waals surface area contributed by atoms with Crippen LogP contribution in [0.25, 0.3) is 11.5 Å². The molecule has 8 heteroatoms. The van der Waals surface area contributed by atoms with E-state index in [1.807, 2.05) is 18.2 Å². The molecule has 1 aromatic heterocycles. The van der Waals surface area contributed by atoms with Crippen molar-refractivity contribution in [3.05, 3.63) is 54.1 Å². The summed E-state index contributed by atoms with van der Waals surface area (Å²) < 4.78 is 10.9. The van der Waals surface area contributed by atoms with Crippen molar-refractivity contribution in [2.45, 2.75) is 12.1 Å². The first-order valence-corrected chi connectivity index (χ1v) is 9.06. The Morgan fingerprint density at radius 1 is 1.11 bits per heavy atom. The molecule has 0 saturated carbocycles. The molecule has 2 aromatic carbocycles. The monoisotopic (exact) mass is 383 g/mol. The molecule has 3 rings (SSSR count). The van der Waals surface area contributed by atoms with Crippen LogP contribution < -0.4 is 10.1 Å². The van der Waals surface area contributed by atoms with Gasteiger partial charge in [-0.25, -0.2) is 0 Å². The number of aromatic nitrogens is 2. The summed E-state index contributed by atoms with van der Waals surface area (Å²) in [4.78, 5) is 23.3. The van der Waals surface area contributed by atoms with Gasteiger partial charge in [-0.05, 0) is 36.4 Å². The molecule has 0 fully saturated rings. The molecular weight excluding hydrogens is 366 g/mol. The third-order valence-corrected chi connectivity index (χ3v) is 4.42. The number of anilines is 1. The molecule has 3 aromatic rings. The second kappa shape index (κ2) is 8.50. The smallest absolute Gasteiger partial charge is 0.277 e. The van der Waals surface area contributed by atoms with E-state index in [9.17, 15) is 9.59 Å². The third kappa shape index (κ3) is 4.73. The van der Waals surface area contributed by atoms with Gasteiger partial charge in [-0.15, -0.1) is 10.2 Å². The summed E-state index contributed by atoms with van der Waals surface area (Å²) in [5, 5.41) is 10.9. The zero-order valence-electron chi connectivity index (χ0n) is 14.8. The van der Waals surface area contributed by atoms with Gasteiger partial charge in [0.2, 0.25) is 5.91 Å². The van der Waals surface area contributed by atoms with Gasteiger partial charge in [-0.3, -0.25) is 9.59 Å². The van der Waals surface area contributed by atoms with Crippen molar-refractivity contribution in [2.75, 3.05) is 18.2 Å². The van der Waals surface area contributed by atoms with Crippen LogP contribution in [-0.2, 0) is 4.79 Å². The summed E-state index contributed by atoms with van der Waals surface area (Å²) in [6.45, 7) is 1.43. The number of nitrogens with one attached hydrogen (secondary N) is 1. The number of hydrogen-bond acceptors (Lipinski definition) is 7. The lowest BCUT2D eigenvalue weighted by Crippen LogP contribution is -2.07. The second-order valence-corrected chi connectivity index (χ2v) is 6.47. The number of Topliss-reactive ketones (excluding diaryl/α,β-unsaturated/α-hetero) is 1. The number of carbonyl (C=O) groups is 2. The van der Waals surface area contributed by atoms with E-state index in [4.69, 9.17) is 9.15 Å². The van der Waals surface area contributed by atoms with Gasteiger partial charge >= 0.3 is 0 Å². The van der Waals surface area contributed by atoms with Gasteiger partial charge in [0, 0.05) is 18.2 Å². The first-order valence-electron chi connectivity index (χ1n) is 8.07. The summed E-state index contributed by atoms with van der Waals surface area (Å²) in [6, 6.07) is 14.0. The topological polar surface area (TPSA) is 94.3 Å². The van der Waals surface area contributed by atoms with Crippen LogP contribution in [0.4, 0.5) is 5.69 Å². The number of amides is 1. The SMILES string of the molecule is COc1ccccc1-c1nnc(SCC(=O)c2ccc(NC(C)=O)cc2)o1. The largest absolute Gasteiger partial charge is 0.496 e. The van der Waals surface area contributed by atoms with E-state index in [0.29, 0.717) is 33.7 Å². The molecule has 27 heavy (non-hydrogen) atoms. The maximum absolute atomic E-state index is 12.3. The number of carbonyl (C=O) groups excluding carboxylic acids is 2. The number of nitrogens with zero attached hydrogens (tertiary/aromatic N) is 2. The lowest BCUT2D eigenvalue weighted by atomic mass is 10.1. The highest BCUT2D eigenvalue weighted by atomic mass is 32.2. The van der Waals surface area contributed by atoms with Gasteiger partial charge in [0.05, 0.1) is 18.4 Å². The van der Waals surface area contributed by atoms with E-state index in [2.05, 4.69) is 15.5 Å². The molecule has 0 saturated heterocycles. The molecule has 0 spiro atoms. The highest BCUT2D eigenvalue weighted by molar-refractivity contribution is 7.99. The van der Waals surface area contributed by atoms with Crippen LogP contribution in [0.15, 0.2) is 58.2 Å². The molecule has 138 valence electrons. The Labute approximate surface area is 160 Å². The van der Waals surface area contributed by atoms with Crippen molar-refractivity contribution in [1.82, 2.24) is 10.2 Å². The first-order chi connectivity index (χ1) is 13.1. The summed E-state index contributed by atoms with van der Waals surface area (Å²) in [7, 11) is 1.57. The maximum Gasteiger partial charge on any atom is 0.277 e. The molecule has 0 bridgehead atoms. The normalized spacial score (nSPS) is 10.4. The zero-order valence-corrected chi connectivity index (χ0v) is 15.6. The Morgan fingerprint density at radius 2 is 1.85 bits per heavy atom. The number of thioether (sulfide) groups is 1. The van der Waals surface area contributed by atoms with E-state index in [0.717, 1.165) is 0 Å². The molecule has 0 aliphatic heterocycles. The highest BCUT2D eigenvalue weighted by Gasteiger charge is 2.15. The van der Waals surface area contributed by atoms with E-state index in [-0.39, 0.29) is 17.4 Å². The highest BCUT2D eigenvalue weighted by Crippen LogP contribution is 2.30. The van der Waals surface area contributed by atoms with Crippen LogP contribution in [0.5, 0.6) is 5.75 Å². The molecule has 0 unspecified atom stereocenters. The minimum atomic E-state index is -0.160. The van der Waals surface area contributed by atoms with Crippen LogP contribution >= 0.6 is 11.8 Å². The van der Waals surface area contributed by atoms with Crippen LogP contribution in [0.2, 0.25) is 0 Å². The van der Waals surface area contributed by atoms with Crippen molar-refractivity contribution in [2.24, 2.45) is 0 Å². The van der Waals surface area contributed by atoms with Crippen LogP contribution in [-0.4, -0.2) is 34.8 Å². The number of hydrogen-bond donors (Lipinski definition) is 1. The Balaban J connectivity index is 1.63. The number of para-hydroxylation sites is 1. The Kier molecular flexibility index (Phi) is 5.87. The average molecular weight is 383 g/mol. The standard InChI is InChI=1S/C19H17N3O4S/c1-12(23)20-14-9-7-13(8-10-14)16(24)11-27-19-22-21-18(26-19)15-5-3-4-6-17(15)25-2/h3-10H,11H2,1-2H3,(H,20,23). The van der Waals surface area contributed by atoms with E-state index in [1.54, 1.807) is 37.4 Å². The first kappa shape index (κ1) is 18.7. The van der Waals surface area contributed by atoms with Gasteiger partial charge < -0.3 is 14.5 Å². The second-order valence-electron chi connectivity index (χ2n) is 5.54. The molecule has 1 heterocycles. The minimum Gasteiger partial charge on any atom is -0.496 e. The van der Waals surface area contributed by atoms with Gasteiger partial charge in [-0.1, -0.05) is 23.9 Å². The van der Waals surface area contributed by atoms with Gasteiger partial charge in [0.1, 0.15) is 5.75 Å². The lowest BCUT2D eigenvalue weighted by Gasteiger charge is -2.04. The zero-order chi connectivity index (χ0) is 19.2. The van der Waals surface area contributed by atoms with E-state index >= 15 is 0 Å². The van der Waals surface area contributed by atoms with Crippen molar-refractivity contribution in [1.29, 1.82) is 0 Å². The summed E-state index contributed by atoms with van der Waals surface area (Å²) in [5.41, 5.74) is 1.88. The van der Waals surface area contributed by atoms with Crippen LogP contribution in [0.1, 0.15) is 17.3 Å². The molecule has 7 nitrogen and oxygen atoms in total. The minimum absolute atomic E-state index is 0.0774. The Hall–Kier alpha value is -3.13. The fourth-order valence-corrected chi connectivity index (χ4v) is 3.01. The fourth-order valence-electron chi connectivity index (χ4n) is 2.35. The predicted octanol–water partition coefficient (Wildman–Crippen LogP) is 3.68. The number of ether oxygens (including phenoxy) is 1. The molecule has 0 aliphatic rings. The quantitative estimate of drug-likeness (QED) is 0.491. The fraction of sp³-hybridized carbons (Fsp3) is 0.158. The third-order valence-electron chi connectivity index (χ3n) is 3.60. The van der Waals surface area contributed by atoms with Crippen molar-refractivity contribution in [3.63, 3.8) is 0 Å². The summed E-state index contributed by atoms with van der Waals surface area (Å²) in [6.07, 6.45) is 0. The maximum atomic E-state index is 12.3. The molecule has 0 atom stereocenters. The van der Waals surface area contributed by atoms with Crippen molar-refractivity contribution >= 4 is 29.1 Å². The number of ketones is 1. The van der Waals surface area contributed by atoms with Gasteiger partial charge in [-0.2, -0.15) is 0 Å². The van der Waals surface area contributed by atoms with Crippen molar-refractivity contribution < 1.29 is 18.7 Å². The molecule has 1 N–H and O–H groups in total. The Bertz CT molecular complexity index is 954. The van der Waals surface area contributed by atoms with Crippen LogP contribution in [0, 0.1) is 0 Å². The van der Waals surface area contributed by atoms with Crippen molar-refractivity contribution in [3.8, 4) is 17.2 Å². The average Bonchev–Trinajstić information content (AvgIpc) is 3.15. The lowest BCUT2D eigenvalue weighted by molar-refractivity contribution is -0.114. The summed E-state index contributed by atoms with van der Waals surface area (Å²) >= 11 is 1.17. The Morgan fingerprint density at radius 3 is 2.56 bits per heavy atom. The van der Waals surface area contributed by atoms with E-state index in [1.165, 1.54) is 18.7 Å². The molecule has 1 amide bonds. The molecule has 0 aliphatic carbocycles. The number of rotatable bonds is 7. The molecular formula is C19H17N3O4S. The van der Waals surface area contributed by atoms with Gasteiger partial charge in [0.25, 0.3) is 11.1 Å². The van der Waals surface area contributed by atoms with Gasteiger partial charge in [0.15, 0.2) is 5.78 Å². The van der Waals surface area contributed by atoms with E-state index < -0.39 is 0 Å². The molecule has 0 radical (unpaired) electrons.